The third-order valence-electron chi connectivity index (χ3n) is 4.01. The summed E-state index contributed by atoms with van der Waals surface area (Å²) in [6, 6.07) is 10.0. The van der Waals surface area contributed by atoms with Crippen molar-refractivity contribution < 1.29 is 14.2 Å². The van der Waals surface area contributed by atoms with Crippen LogP contribution in [0.5, 0.6) is 11.6 Å². The van der Waals surface area contributed by atoms with Gasteiger partial charge in [0.15, 0.2) is 5.96 Å². The molecule has 0 bridgehead atoms. The Bertz CT molecular complexity index is 765. The number of pyridine rings is 1. The SMILES string of the molecule is CCNC(=NCc1cccnc1OC)NCc1ccc(C)cc1OCCOC. The molecule has 0 spiro atoms. The van der Waals surface area contributed by atoms with Crippen molar-refractivity contribution in [2.45, 2.75) is 26.9 Å². The Morgan fingerprint density at radius 3 is 2.71 bits per heavy atom. The number of rotatable bonds is 10. The van der Waals surface area contributed by atoms with Crippen molar-refractivity contribution in [3.63, 3.8) is 0 Å². The fourth-order valence-electron chi connectivity index (χ4n) is 2.59. The first-order valence-electron chi connectivity index (χ1n) is 9.39. The van der Waals surface area contributed by atoms with Crippen LogP contribution in [0.25, 0.3) is 0 Å². The summed E-state index contributed by atoms with van der Waals surface area (Å²) < 4.78 is 16.2. The first-order valence-corrected chi connectivity index (χ1v) is 9.39. The number of guanidine groups is 1. The highest BCUT2D eigenvalue weighted by Crippen LogP contribution is 2.20. The molecule has 2 N–H and O–H groups in total. The minimum Gasteiger partial charge on any atom is -0.491 e. The highest BCUT2D eigenvalue weighted by atomic mass is 16.5. The topological polar surface area (TPSA) is 77.0 Å². The molecule has 0 saturated heterocycles. The average molecular weight is 386 g/mol. The Hall–Kier alpha value is -2.80. The van der Waals surface area contributed by atoms with Crippen LogP contribution in [-0.4, -0.2) is 44.9 Å². The molecule has 0 aliphatic carbocycles. The molecular formula is C21H30N4O3. The van der Waals surface area contributed by atoms with Crippen molar-refractivity contribution in [1.29, 1.82) is 0 Å². The lowest BCUT2D eigenvalue weighted by Crippen LogP contribution is -2.36. The van der Waals surface area contributed by atoms with Crippen molar-refractivity contribution in [1.82, 2.24) is 15.6 Å². The van der Waals surface area contributed by atoms with Crippen LogP contribution in [0.4, 0.5) is 0 Å². The van der Waals surface area contributed by atoms with Crippen LogP contribution >= 0.6 is 0 Å². The van der Waals surface area contributed by atoms with E-state index < -0.39 is 0 Å². The molecule has 7 heteroatoms. The van der Waals surface area contributed by atoms with Crippen molar-refractivity contribution in [3.05, 3.63) is 53.2 Å². The Kier molecular flexibility index (Phi) is 9.07. The second-order valence-corrected chi connectivity index (χ2v) is 6.17. The fourth-order valence-corrected chi connectivity index (χ4v) is 2.59. The van der Waals surface area contributed by atoms with Crippen LogP contribution in [0.3, 0.4) is 0 Å². The monoisotopic (exact) mass is 386 g/mol. The van der Waals surface area contributed by atoms with Gasteiger partial charge in [-0.25, -0.2) is 9.98 Å². The molecule has 1 heterocycles. The molecule has 0 fully saturated rings. The summed E-state index contributed by atoms with van der Waals surface area (Å²) in [7, 11) is 3.28. The smallest absolute Gasteiger partial charge is 0.218 e. The number of ether oxygens (including phenoxy) is 3. The predicted molar refractivity (Wildman–Crippen MR) is 111 cm³/mol. The number of aryl methyl sites for hydroxylation is 1. The second kappa shape index (κ2) is 11.8. The molecule has 0 amide bonds. The summed E-state index contributed by atoms with van der Waals surface area (Å²) in [5.41, 5.74) is 3.15. The van der Waals surface area contributed by atoms with Gasteiger partial charge < -0.3 is 24.8 Å². The largest absolute Gasteiger partial charge is 0.491 e. The van der Waals surface area contributed by atoms with Gasteiger partial charge in [-0.2, -0.15) is 0 Å². The van der Waals surface area contributed by atoms with Crippen molar-refractivity contribution >= 4 is 5.96 Å². The van der Waals surface area contributed by atoms with Crippen LogP contribution in [0.15, 0.2) is 41.5 Å². The zero-order valence-corrected chi connectivity index (χ0v) is 17.1. The molecule has 0 unspecified atom stereocenters. The molecule has 2 rings (SSSR count). The van der Waals surface area contributed by atoms with E-state index in [1.807, 2.05) is 32.0 Å². The molecule has 1 aromatic heterocycles. The van der Waals surface area contributed by atoms with E-state index in [-0.39, 0.29) is 0 Å². The Morgan fingerprint density at radius 1 is 1.11 bits per heavy atom. The summed E-state index contributed by atoms with van der Waals surface area (Å²) in [6.07, 6.45) is 1.71. The number of nitrogens with zero attached hydrogens (tertiary/aromatic N) is 2. The average Bonchev–Trinajstić information content (AvgIpc) is 2.71. The summed E-state index contributed by atoms with van der Waals surface area (Å²) in [4.78, 5) is 8.85. The molecule has 28 heavy (non-hydrogen) atoms. The van der Waals surface area contributed by atoms with E-state index in [2.05, 4.69) is 32.7 Å². The number of hydrogen-bond donors (Lipinski definition) is 2. The van der Waals surface area contributed by atoms with E-state index in [0.717, 1.165) is 34.9 Å². The van der Waals surface area contributed by atoms with Gasteiger partial charge in [-0.05, 0) is 31.5 Å². The zero-order chi connectivity index (χ0) is 20.2. The molecule has 0 aliphatic rings. The van der Waals surface area contributed by atoms with Gasteiger partial charge in [-0.1, -0.05) is 18.2 Å². The van der Waals surface area contributed by atoms with Gasteiger partial charge in [0.2, 0.25) is 5.88 Å². The van der Waals surface area contributed by atoms with Gasteiger partial charge >= 0.3 is 0 Å². The molecule has 0 radical (unpaired) electrons. The van der Waals surface area contributed by atoms with E-state index in [9.17, 15) is 0 Å². The van der Waals surface area contributed by atoms with Crippen molar-refractivity contribution in [3.8, 4) is 11.6 Å². The number of nitrogens with one attached hydrogen (secondary N) is 2. The minimum absolute atomic E-state index is 0.470. The van der Waals surface area contributed by atoms with E-state index in [1.165, 1.54) is 0 Å². The summed E-state index contributed by atoms with van der Waals surface area (Å²) in [6.45, 7) is 6.98. The lowest BCUT2D eigenvalue weighted by Gasteiger charge is -2.15. The van der Waals surface area contributed by atoms with Gasteiger partial charge in [0.25, 0.3) is 0 Å². The van der Waals surface area contributed by atoms with Gasteiger partial charge in [-0.3, -0.25) is 0 Å². The van der Waals surface area contributed by atoms with Gasteiger partial charge in [-0.15, -0.1) is 0 Å². The number of hydrogen-bond acceptors (Lipinski definition) is 5. The van der Waals surface area contributed by atoms with Gasteiger partial charge in [0.05, 0.1) is 20.3 Å². The summed E-state index contributed by atoms with van der Waals surface area (Å²) in [5, 5.41) is 6.62. The Balaban J connectivity index is 2.06. The maximum absolute atomic E-state index is 5.86. The standard InChI is InChI=1S/C21H30N4O3/c1-5-22-21(25-15-18-7-6-10-23-20(18)27-4)24-14-17-9-8-16(2)13-19(17)28-12-11-26-3/h6-10,13H,5,11-12,14-15H2,1-4H3,(H2,22,24,25). The third kappa shape index (κ3) is 6.74. The van der Waals surface area contributed by atoms with E-state index in [4.69, 9.17) is 14.2 Å². The molecule has 0 aliphatic heterocycles. The number of aliphatic imine (C=N–C) groups is 1. The Labute approximate surface area is 167 Å². The first kappa shape index (κ1) is 21.5. The maximum atomic E-state index is 5.86. The molecule has 0 saturated carbocycles. The van der Waals surface area contributed by atoms with Crippen LogP contribution in [0, 0.1) is 6.92 Å². The highest BCUT2D eigenvalue weighted by molar-refractivity contribution is 5.79. The van der Waals surface area contributed by atoms with Crippen LogP contribution in [-0.2, 0) is 17.8 Å². The fraction of sp³-hybridized carbons (Fsp3) is 0.429. The predicted octanol–water partition coefficient (Wildman–Crippen LogP) is 2.68. The maximum Gasteiger partial charge on any atom is 0.218 e. The molecular weight excluding hydrogens is 356 g/mol. The zero-order valence-electron chi connectivity index (χ0n) is 17.1. The van der Waals surface area contributed by atoms with Crippen LogP contribution < -0.4 is 20.1 Å². The van der Waals surface area contributed by atoms with Crippen LogP contribution in [0.2, 0.25) is 0 Å². The molecule has 152 valence electrons. The molecule has 0 atom stereocenters. The van der Waals surface area contributed by atoms with Crippen molar-refractivity contribution in [2.24, 2.45) is 4.99 Å². The first-order chi connectivity index (χ1) is 13.7. The van der Waals surface area contributed by atoms with E-state index >= 15 is 0 Å². The molecule has 1 aromatic carbocycles. The summed E-state index contributed by atoms with van der Waals surface area (Å²) in [5.74, 6) is 2.17. The second-order valence-electron chi connectivity index (χ2n) is 6.17. The van der Waals surface area contributed by atoms with Crippen molar-refractivity contribution in [2.75, 3.05) is 34.0 Å². The number of benzene rings is 1. The molecule has 2 aromatic rings. The van der Waals surface area contributed by atoms with Crippen LogP contribution in [0.1, 0.15) is 23.6 Å². The van der Waals surface area contributed by atoms with Gasteiger partial charge in [0.1, 0.15) is 12.4 Å². The van der Waals surface area contributed by atoms with E-state index in [1.54, 1.807) is 20.4 Å². The summed E-state index contributed by atoms with van der Waals surface area (Å²) >= 11 is 0. The third-order valence-corrected chi connectivity index (χ3v) is 4.01. The highest BCUT2D eigenvalue weighted by Gasteiger charge is 2.07. The normalized spacial score (nSPS) is 11.2. The van der Waals surface area contributed by atoms with E-state index in [0.29, 0.717) is 32.2 Å². The van der Waals surface area contributed by atoms with Gasteiger partial charge in [0, 0.05) is 37.5 Å². The quantitative estimate of drug-likeness (QED) is 0.371. The Morgan fingerprint density at radius 2 is 1.96 bits per heavy atom. The number of aromatic nitrogens is 1. The minimum atomic E-state index is 0.470. The number of methoxy groups -OCH3 is 2. The lowest BCUT2D eigenvalue weighted by atomic mass is 10.1. The molecule has 7 nitrogen and oxygen atoms in total. The lowest BCUT2D eigenvalue weighted by molar-refractivity contribution is 0.145.